The first-order chi connectivity index (χ1) is 8.60. The van der Waals surface area contributed by atoms with Crippen LogP contribution in [-0.2, 0) is 0 Å². The summed E-state index contributed by atoms with van der Waals surface area (Å²) < 4.78 is 0.840. The second-order valence-corrected chi connectivity index (χ2v) is 5.98. The number of anilines is 2. The molecule has 18 heavy (non-hydrogen) atoms. The highest BCUT2D eigenvalue weighted by Gasteiger charge is 2.08. The van der Waals surface area contributed by atoms with E-state index >= 15 is 0 Å². The number of hydrogen-bond acceptors (Lipinski definition) is 7. The van der Waals surface area contributed by atoms with Gasteiger partial charge >= 0.3 is 0 Å². The van der Waals surface area contributed by atoms with Crippen molar-refractivity contribution in [2.45, 2.75) is 9.24 Å². The Kier molecular flexibility index (Phi) is 3.69. The van der Waals surface area contributed by atoms with E-state index in [4.69, 9.17) is 11.0 Å². The standard InChI is InChI=1S/C11H11N5S2/c1-16(2)10-14-15-11(18-10)17-8-3-4-9(13)7(5-8)6-12/h3-5H,13H2,1-2H3. The van der Waals surface area contributed by atoms with Gasteiger partial charge in [-0.15, -0.1) is 10.2 Å². The lowest BCUT2D eigenvalue weighted by Crippen LogP contribution is -2.07. The minimum atomic E-state index is 0.484. The number of nitrogens with two attached hydrogens (primary N) is 1. The van der Waals surface area contributed by atoms with Gasteiger partial charge in [0.15, 0.2) is 4.34 Å². The maximum Gasteiger partial charge on any atom is 0.208 e. The van der Waals surface area contributed by atoms with Gasteiger partial charge in [-0.25, -0.2) is 0 Å². The van der Waals surface area contributed by atoms with Gasteiger partial charge in [0.05, 0.1) is 5.56 Å². The Hall–Kier alpha value is -1.78. The van der Waals surface area contributed by atoms with Gasteiger partial charge < -0.3 is 10.6 Å². The van der Waals surface area contributed by atoms with Gasteiger partial charge in [0.25, 0.3) is 0 Å². The molecular weight excluding hydrogens is 266 g/mol. The van der Waals surface area contributed by atoms with Crippen LogP contribution in [0.25, 0.3) is 0 Å². The smallest absolute Gasteiger partial charge is 0.208 e. The molecule has 0 aliphatic carbocycles. The Morgan fingerprint density at radius 1 is 1.39 bits per heavy atom. The van der Waals surface area contributed by atoms with E-state index in [-0.39, 0.29) is 0 Å². The highest BCUT2D eigenvalue weighted by atomic mass is 32.2. The Balaban J connectivity index is 2.21. The lowest BCUT2D eigenvalue weighted by Gasteiger charge is -2.04. The molecule has 2 aromatic rings. The molecule has 0 spiro atoms. The number of benzene rings is 1. The van der Waals surface area contributed by atoms with E-state index in [0.717, 1.165) is 14.4 Å². The Bertz CT molecular complexity index is 600. The summed E-state index contributed by atoms with van der Waals surface area (Å²) in [6.45, 7) is 0. The van der Waals surface area contributed by atoms with Crippen LogP contribution in [0, 0.1) is 11.3 Å². The molecule has 2 N–H and O–H groups in total. The van der Waals surface area contributed by atoms with Crippen LogP contribution in [0.3, 0.4) is 0 Å². The van der Waals surface area contributed by atoms with E-state index in [1.165, 1.54) is 23.1 Å². The zero-order valence-electron chi connectivity index (χ0n) is 9.91. The highest BCUT2D eigenvalue weighted by Crippen LogP contribution is 2.33. The molecule has 7 heteroatoms. The summed E-state index contributed by atoms with van der Waals surface area (Å²) in [7, 11) is 3.85. The van der Waals surface area contributed by atoms with Crippen LogP contribution >= 0.6 is 23.1 Å². The minimum Gasteiger partial charge on any atom is -0.398 e. The number of nitrogen functional groups attached to an aromatic ring is 1. The Morgan fingerprint density at radius 3 is 2.78 bits per heavy atom. The van der Waals surface area contributed by atoms with Crippen molar-refractivity contribution < 1.29 is 0 Å². The van der Waals surface area contributed by atoms with Crippen LogP contribution in [0.4, 0.5) is 10.8 Å². The molecule has 0 fully saturated rings. The molecule has 0 saturated carbocycles. The van der Waals surface area contributed by atoms with Gasteiger partial charge in [0.2, 0.25) is 5.13 Å². The lowest BCUT2D eigenvalue weighted by atomic mass is 10.2. The fraction of sp³-hybridized carbons (Fsp3) is 0.182. The summed E-state index contributed by atoms with van der Waals surface area (Å²) in [5.41, 5.74) is 6.65. The second-order valence-electron chi connectivity index (χ2n) is 3.71. The van der Waals surface area contributed by atoms with Crippen molar-refractivity contribution in [2.24, 2.45) is 0 Å². The maximum absolute atomic E-state index is 8.91. The monoisotopic (exact) mass is 277 g/mol. The number of rotatable bonds is 3. The maximum atomic E-state index is 8.91. The molecule has 0 bridgehead atoms. The van der Waals surface area contributed by atoms with Crippen molar-refractivity contribution in [3.63, 3.8) is 0 Å². The molecule has 0 unspecified atom stereocenters. The molecule has 1 heterocycles. The average molecular weight is 277 g/mol. The molecule has 1 aromatic heterocycles. The van der Waals surface area contributed by atoms with E-state index in [9.17, 15) is 0 Å². The number of nitriles is 1. The SMILES string of the molecule is CN(C)c1nnc(Sc2ccc(N)c(C#N)c2)s1. The molecule has 0 aliphatic heterocycles. The van der Waals surface area contributed by atoms with Gasteiger partial charge in [-0.05, 0) is 18.2 Å². The van der Waals surface area contributed by atoms with Gasteiger partial charge in [-0.1, -0.05) is 23.1 Å². The average Bonchev–Trinajstić information content (AvgIpc) is 2.80. The second kappa shape index (κ2) is 5.25. The molecule has 0 amide bonds. The number of nitrogens with zero attached hydrogens (tertiary/aromatic N) is 4. The van der Waals surface area contributed by atoms with Gasteiger partial charge in [-0.2, -0.15) is 5.26 Å². The third-order valence-electron chi connectivity index (χ3n) is 2.13. The lowest BCUT2D eigenvalue weighted by molar-refractivity contribution is 0.972. The molecule has 0 aliphatic rings. The molecule has 0 saturated heterocycles. The van der Waals surface area contributed by atoms with Crippen LogP contribution in [-0.4, -0.2) is 24.3 Å². The van der Waals surface area contributed by atoms with Crippen molar-refractivity contribution in [3.05, 3.63) is 23.8 Å². The summed E-state index contributed by atoms with van der Waals surface area (Å²) in [6, 6.07) is 7.43. The van der Waals surface area contributed by atoms with Crippen molar-refractivity contribution in [3.8, 4) is 6.07 Å². The zero-order chi connectivity index (χ0) is 13.1. The fourth-order valence-electron chi connectivity index (χ4n) is 1.22. The normalized spacial score (nSPS) is 10.1. The highest BCUT2D eigenvalue weighted by molar-refractivity contribution is 8.01. The zero-order valence-corrected chi connectivity index (χ0v) is 11.5. The Labute approximate surface area is 113 Å². The van der Waals surface area contributed by atoms with Crippen LogP contribution in [0.2, 0.25) is 0 Å². The molecular formula is C11H11N5S2. The fourth-order valence-corrected chi connectivity index (χ4v) is 3.00. The van der Waals surface area contributed by atoms with Crippen molar-refractivity contribution in [2.75, 3.05) is 24.7 Å². The van der Waals surface area contributed by atoms with Crippen molar-refractivity contribution >= 4 is 33.9 Å². The largest absolute Gasteiger partial charge is 0.398 e. The number of hydrogen-bond donors (Lipinski definition) is 1. The van der Waals surface area contributed by atoms with E-state index in [1.54, 1.807) is 12.1 Å². The van der Waals surface area contributed by atoms with Crippen molar-refractivity contribution in [1.82, 2.24) is 10.2 Å². The predicted molar refractivity (Wildman–Crippen MR) is 73.9 cm³/mol. The first kappa shape index (κ1) is 12.7. The van der Waals surface area contributed by atoms with Crippen LogP contribution in [0.15, 0.2) is 27.4 Å². The quantitative estimate of drug-likeness (QED) is 0.867. The molecule has 0 radical (unpaired) electrons. The van der Waals surface area contributed by atoms with Crippen LogP contribution in [0.1, 0.15) is 5.56 Å². The number of aromatic nitrogens is 2. The van der Waals surface area contributed by atoms with E-state index in [0.29, 0.717) is 11.3 Å². The van der Waals surface area contributed by atoms with Gasteiger partial charge in [0, 0.05) is 24.7 Å². The molecule has 0 atom stereocenters. The molecule has 2 rings (SSSR count). The molecule has 1 aromatic carbocycles. The first-order valence-corrected chi connectivity index (χ1v) is 6.72. The third kappa shape index (κ3) is 2.72. The topological polar surface area (TPSA) is 78.8 Å². The Morgan fingerprint density at radius 2 is 2.17 bits per heavy atom. The summed E-state index contributed by atoms with van der Waals surface area (Å²) in [5.74, 6) is 0. The van der Waals surface area contributed by atoms with E-state index in [1.807, 2.05) is 25.1 Å². The van der Waals surface area contributed by atoms with Crippen LogP contribution in [0.5, 0.6) is 0 Å². The first-order valence-electron chi connectivity index (χ1n) is 5.08. The molecule has 92 valence electrons. The van der Waals surface area contributed by atoms with Gasteiger partial charge in [0.1, 0.15) is 6.07 Å². The summed E-state index contributed by atoms with van der Waals surface area (Å²) in [5, 5.41) is 17.9. The predicted octanol–water partition coefficient (Wildman–Crippen LogP) is 2.21. The van der Waals surface area contributed by atoms with Crippen LogP contribution < -0.4 is 10.6 Å². The van der Waals surface area contributed by atoms with E-state index < -0.39 is 0 Å². The minimum absolute atomic E-state index is 0.484. The third-order valence-corrected chi connectivity index (χ3v) is 4.26. The van der Waals surface area contributed by atoms with Gasteiger partial charge in [-0.3, -0.25) is 0 Å². The summed E-state index contributed by atoms with van der Waals surface area (Å²) in [6.07, 6.45) is 0. The summed E-state index contributed by atoms with van der Waals surface area (Å²) >= 11 is 2.98. The molecule has 5 nitrogen and oxygen atoms in total. The summed E-state index contributed by atoms with van der Waals surface area (Å²) in [4.78, 5) is 2.84. The van der Waals surface area contributed by atoms with E-state index in [2.05, 4.69) is 16.3 Å². The van der Waals surface area contributed by atoms with Crippen molar-refractivity contribution in [1.29, 1.82) is 5.26 Å².